The molecule has 20 nitrogen and oxygen atoms in total. The molecule has 5 fully saturated rings. The number of hydrogen-bond acceptors (Lipinski definition) is 19. The van der Waals surface area contributed by atoms with Gasteiger partial charge in [0.25, 0.3) is 0 Å². The Morgan fingerprint density at radius 3 is 2.25 bits per heavy atom. The number of esters is 2. The van der Waals surface area contributed by atoms with Crippen LogP contribution in [0.15, 0.2) is 24.3 Å². The van der Waals surface area contributed by atoms with Gasteiger partial charge in [-0.3, -0.25) is 9.59 Å². The van der Waals surface area contributed by atoms with Crippen LogP contribution in [-0.2, 0) is 38.0 Å². The summed E-state index contributed by atoms with van der Waals surface area (Å²) in [5.41, 5.74) is -2.20. The lowest BCUT2D eigenvalue weighted by Crippen LogP contribution is -2.67. The number of amides is 1. The second kappa shape index (κ2) is 16.0. The minimum atomic E-state index is -2.35. The molecule has 1 aromatic carbocycles. The minimum absolute atomic E-state index is 0.0556. The molecule has 1 amide bonds. The zero-order valence-electron chi connectivity index (χ0n) is 29.9. The molecule has 3 heterocycles. The van der Waals surface area contributed by atoms with Crippen LogP contribution in [0.25, 0.3) is 0 Å². The predicted octanol–water partition coefficient (Wildman–Crippen LogP) is -4.34. The molecule has 0 aromatic heterocycles. The molecule has 0 radical (unpaired) electrons. The Balaban J connectivity index is 1.17. The number of carbonyl (C=O) groups excluding carboxylic acids is 3. The third-order valence-corrected chi connectivity index (χ3v) is 11.4. The second-order valence-corrected chi connectivity index (χ2v) is 15.2. The summed E-state index contributed by atoms with van der Waals surface area (Å²) in [6, 6.07) is 3.89. The third-order valence-electron chi connectivity index (χ3n) is 11.4. The number of phenolic OH excluding ortho intramolecular Hbond substituents is 1. The average Bonchev–Trinajstić information content (AvgIpc) is 3.35. The molecule has 5 aliphatic rings. The summed E-state index contributed by atoms with van der Waals surface area (Å²) in [6.07, 6.45) is -22.6. The molecule has 18 unspecified atom stereocenters. The van der Waals surface area contributed by atoms with Crippen molar-refractivity contribution in [2.45, 2.75) is 136 Å². The number of benzene rings is 1. The number of fused-ring (bicyclic) bond motifs is 1. The maximum absolute atomic E-state index is 13.7. The summed E-state index contributed by atoms with van der Waals surface area (Å²) < 4.78 is 34.9. The van der Waals surface area contributed by atoms with Gasteiger partial charge in [-0.05, 0) is 37.1 Å². The SMILES string of the molecule is CC(=O)NC1C(OC2C(OC(=O)C3CC(O)C4(O)C(C3)OC3(CC(OC(=O)c5ccc(O)cc5)C(C)CO3)C4O)CC(O)C(O)C2O)OC(CO)C(O)C1O. The van der Waals surface area contributed by atoms with E-state index in [1.807, 2.05) is 0 Å². The summed E-state index contributed by atoms with van der Waals surface area (Å²) >= 11 is 0. The zero-order chi connectivity index (χ0) is 40.1. The highest BCUT2D eigenvalue weighted by Crippen LogP contribution is 2.52. The van der Waals surface area contributed by atoms with E-state index in [4.69, 9.17) is 28.4 Å². The van der Waals surface area contributed by atoms with Crippen LogP contribution in [-0.4, -0.2) is 179 Å². The fraction of sp³-hybridized carbons (Fsp3) is 0.743. The third kappa shape index (κ3) is 7.81. The number of aliphatic hydroxyl groups is 9. The van der Waals surface area contributed by atoms with Gasteiger partial charge in [0.1, 0.15) is 72.3 Å². The summed E-state index contributed by atoms with van der Waals surface area (Å²) in [6.45, 7) is 1.97. The van der Waals surface area contributed by atoms with E-state index in [9.17, 15) is 65.4 Å². The Hall–Kier alpha value is -3.09. The van der Waals surface area contributed by atoms with Crippen molar-refractivity contribution < 1.29 is 93.9 Å². The largest absolute Gasteiger partial charge is 0.508 e. The van der Waals surface area contributed by atoms with E-state index < -0.39 is 146 Å². The molecule has 6 rings (SSSR count). The lowest BCUT2D eigenvalue weighted by Gasteiger charge is -2.47. The Labute approximate surface area is 314 Å². The van der Waals surface area contributed by atoms with Crippen molar-refractivity contribution in [1.82, 2.24) is 5.32 Å². The van der Waals surface area contributed by atoms with Gasteiger partial charge in [0.2, 0.25) is 11.7 Å². The van der Waals surface area contributed by atoms with Gasteiger partial charge in [0.15, 0.2) is 6.29 Å². The van der Waals surface area contributed by atoms with Crippen LogP contribution in [0.1, 0.15) is 49.9 Å². The molecule has 0 bridgehead atoms. The Morgan fingerprint density at radius 1 is 0.909 bits per heavy atom. The summed E-state index contributed by atoms with van der Waals surface area (Å²) in [5, 5.41) is 109. The van der Waals surface area contributed by atoms with Gasteiger partial charge in [-0.2, -0.15) is 0 Å². The maximum Gasteiger partial charge on any atom is 0.338 e. The molecule has 55 heavy (non-hydrogen) atoms. The van der Waals surface area contributed by atoms with Gasteiger partial charge in [0, 0.05) is 25.7 Å². The smallest absolute Gasteiger partial charge is 0.338 e. The minimum Gasteiger partial charge on any atom is -0.508 e. The van der Waals surface area contributed by atoms with Crippen molar-refractivity contribution in [2.75, 3.05) is 13.2 Å². The van der Waals surface area contributed by atoms with Crippen LogP contribution in [0, 0.1) is 11.8 Å². The van der Waals surface area contributed by atoms with Crippen molar-refractivity contribution in [1.29, 1.82) is 0 Å². The number of phenols is 1. The molecular weight excluding hydrogens is 738 g/mol. The van der Waals surface area contributed by atoms with Crippen molar-refractivity contribution in [3.05, 3.63) is 29.8 Å². The summed E-state index contributed by atoms with van der Waals surface area (Å²) in [5.74, 6) is -6.04. The second-order valence-electron chi connectivity index (χ2n) is 15.2. The molecule has 2 saturated carbocycles. The topological polar surface area (TPSA) is 321 Å². The first-order chi connectivity index (χ1) is 25.9. The van der Waals surface area contributed by atoms with E-state index in [1.54, 1.807) is 6.92 Å². The first-order valence-corrected chi connectivity index (χ1v) is 18.1. The highest BCUT2D eigenvalue weighted by Gasteiger charge is 2.70. The highest BCUT2D eigenvalue weighted by molar-refractivity contribution is 5.89. The molecule has 308 valence electrons. The number of carbonyl (C=O) groups is 3. The van der Waals surface area contributed by atoms with Crippen molar-refractivity contribution >= 4 is 17.8 Å². The number of aromatic hydroxyl groups is 1. The molecule has 3 saturated heterocycles. The number of aliphatic hydroxyl groups excluding tert-OH is 8. The Bertz CT molecular complexity index is 1550. The normalized spacial score (nSPS) is 45.7. The van der Waals surface area contributed by atoms with E-state index in [2.05, 4.69) is 5.32 Å². The number of ether oxygens (including phenoxy) is 6. The molecule has 1 spiro atoms. The van der Waals surface area contributed by atoms with E-state index in [-0.39, 0.29) is 30.8 Å². The molecule has 2 aliphatic carbocycles. The van der Waals surface area contributed by atoms with Crippen LogP contribution in [0.5, 0.6) is 5.75 Å². The first-order valence-electron chi connectivity index (χ1n) is 18.1. The fourth-order valence-corrected chi connectivity index (χ4v) is 8.14. The molecule has 3 aliphatic heterocycles. The van der Waals surface area contributed by atoms with Gasteiger partial charge in [-0.25, -0.2) is 4.79 Å². The van der Waals surface area contributed by atoms with E-state index in [0.717, 1.165) is 6.92 Å². The molecular formula is C35H49NO19. The van der Waals surface area contributed by atoms with Crippen LogP contribution >= 0.6 is 0 Å². The van der Waals surface area contributed by atoms with Gasteiger partial charge >= 0.3 is 11.9 Å². The van der Waals surface area contributed by atoms with E-state index >= 15 is 0 Å². The maximum atomic E-state index is 13.7. The van der Waals surface area contributed by atoms with Crippen molar-refractivity contribution in [2.24, 2.45) is 11.8 Å². The summed E-state index contributed by atoms with van der Waals surface area (Å²) in [4.78, 5) is 38.6. The van der Waals surface area contributed by atoms with Gasteiger partial charge in [0.05, 0.1) is 43.0 Å². The van der Waals surface area contributed by atoms with Crippen molar-refractivity contribution in [3.63, 3.8) is 0 Å². The first kappa shape index (κ1) is 41.5. The van der Waals surface area contributed by atoms with Gasteiger partial charge < -0.3 is 84.8 Å². The molecule has 20 heteroatoms. The van der Waals surface area contributed by atoms with Crippen LogP contribution < -0.4 is 5.32 Å². The van der Waals surface area contributed by atoms with Crippen LogP contribution in [0.2, 0.25) is 0 Å². The lowest BCUT2D eigenvalue weighted by molar-refractivity contribution is -0.311. The number of nitrogens with one attached hydrogen (secondary N) is 1. The Kier molecular flexibility index (Phi) is 12.1. The van der Waals surface area contributed by atoms with Gasteiger partial charge in [-0.1, -0.05) is 6.92 Å². The monoisotopic (exact) mass is 787 g/mol. The van der Waals surface area contributed by atoms with Crippen molar-refractivity contribution in [3.8, 4) is 5.75 Å². The average molecular weight is 788 g/mol. The van der Waals surface area contributed by atoms with Gasteiger partial charge in [-0.15, -0.1) is 0 Å². The standard InChI is InChI=1S/C35H49NO19/c1-13-12-50-34(10-20(13)52-30(46)15-3-5-17(39)6-4-15)33(48)35(49)22(41)7-16(8-23(35)55-34)31(47)51-19-9-18(40)25(42)28(45)29(19)54-32-24(36-14(2)38)27(44)26(43)21(11-37)53-32/h3-6,13,16,18-29,32-33,37,39-45,48-49H,7-12H2,1-2H3,(H,36,38). The lowest BCUT2D eigenvalue weighted by atomic mass is 9.71. The van der Waals surface area contributed by atoms with E-state index in [0.29, 0.717) is 0 Å². The predicted molar refractivity (Wildman–Crippen MR) is 177 cm³/mol. The fourth-order valence-electron chi connectivity index (χ4n) is 8.14. The van der Waals surface area contributed by atoms with E-state index in [1.165, 1.54) is 24.3 Å². The number of hydrogen-bond donors (Lipinski definition) is 11. The Morgan fingerprint density at radius 2 is 1.60 bits per heavy atom. The summed E-state index contributed by atoms with van der Waals surface area (Å²) in [7, 11) is 0. The van der Waals surface area contributed by atoms with Crippen LogP contribution in [0.3, 0.4) is 0 Å². The highest BCUT2D eigenvalue weighted by atomic mass is 16.7. The van der Waals surface area contributed by atoms with Crippen LogP contribution in [0.4, 0.5) is 0 Å². The quantitative estimate of drug-likeness (QED) is 0.111. The molecule has 18 atom stereocenters. The molecule has 11 N–H and O–H groups in total. The molecule has 1 aromatic rings. The zero-order valence-corrected chi connectivity index (χ0v) is 29.9. The number of rotatable bonds is 8.